The molecule has 6 nitrogen and oxygen atoms in total. The number of halogens is 3. The molecule has 0 aliphatic carbocycles. The highest BCUT2D eigenvalue weighted by atomic mass is 32.2. The number of anilines is 1. The lowest BCUT2D eigenvalue weighted by atomic mass is 9.89. The first-order chi connectivity index (χ1) is 14.7. The second-order valence-electron chi connectivity index (χ2n) is 7.45. The zero-order valence-corrected chi connectivity index (χ0v) is 17.2. The second kappa shape index (κ2) is 7.93. The largest absolute Gasteiger partial charge is 0.347 e. The van der Waals surface area contributed by atoms with Crippen LogP contribution in [0.5, 0.6) is 0 Å². The molecule has 0 bridgehead atoms. The van der Waals surface area contributed by atoms with Gasteiger partial charge in [0, 0.05) is 37.0 Å². The van der Waals surface area contributed by atoms with Crippen LogP contribution in [0, 0.1) is 17.5 Å². The minimum Gasteiger partial charge on any atom is -0.347 e. The van der Waals surface area contributed by atoms with Crippen molar-refractivity contribution in [2.24, 2.45) is 5.73 Å². The van der Waals surface area contributed by atoms with Crippen LogP contribution in [0.25, 0.3) is 0 Å². The van der Waals surface area contributed by atoms with Crippen LogP contribution >= 0.6 is 0 Å². The predicted molar refractivity (Wildman–Crippen MR) is 109 cm³/mol. The van der Waals surface area contributed by atoms with Crippen LogP contribution in [0.15, 0.2) is 59.9 Å². The summed E-state index contributed by atoms with van der Waals surface area (Å²) in [5.41, 5.74) is 6.86. The van der Waals surface area contributed by atoms with Crippen molar-refractivity contribution in [2.45, 2.75) is 22.9 Å². The highest BCUT2D eigenvalue weighted by Crippen LogP contribution is 2.44. The Morgan fingerprint density at radius 3 is 2.42 bits per heavy atom. The molecule has 1 aliphatic rings. The van der Waals surface area contributed by atoms with Gasteiger partial charge in [-0.2, -0.15) is 0 Å². The summed E-state index contributed by atoms with van der Waals surface area (Å²) < 4.78 is 66.8. The first-order valence-electron chi connectivity index (χ1n) is 9.40. The number of hydrogen-bond acceptors (Lipinski definition) is 6. The third-order valence-corrected chi connectivity index (χ3v) is 6.67. The van der Waals surface area contributed by atoms with E-state index in [9.17, 15) is 21.6 Å². The Hall–Kier alpha value is -2.98. The van der Waals surface area contributed by atoms with Crippen molar-refractivity contribution in [3.8, 4) is 0 Å². The Morgan fingerprint density at radius 2 is 1.74 bits per heavy atom. The fourth-order valence-corrected chi connectivity index (χ4v) is 5.07. The van der Waals surface area contributed by atoms with Crippen LogP contribution in [0.3, 0.4) is 0 Å². The lowest BCUT2D eigenvalue weighted by Crippen LogP contribution is -2.34. The topological polar surface area (TPSA) is 89.2 Å². The van der Waals surface area contributed by atoms with Gasteiger partial charge in [0.1, 0.15) is 18.0 Å². The van der Waals surface area contributed by atoms with Gasteiger partial charge in [-0.1, -0.05) is 18.2 Å². The number of nitrogens with zero attached hydrogens (tertiary/aromatic N) is 3. The normalized spacial score (nSPS) is 21.5. The zero-order valence-electron chi connectivity index (χ0n) is 16.4. The van der Waals surface area contributed by atoms with E-state index < -0.39 is 45.3 Å². The fourth-order valence-electron chi connectivity index (χ4n) is 4.13. The molecule has 3 unspecified atom stereocenters. The van der Waals surface area contributed by atoms with Crippen molar-refractivity contribution < 1.29 is 21.6 Å². The highest BCUT2D eigenvalue weighted by Gasteiger charge is 2.44. The average molecular weight is 448 g/mol. The smallest absolute Gasteiger partial charge is 0.175 e. The average Bonchev–Trinajstić information content (AvgIpc) is 3.07. The Kier molecular flexibility index (Phi) is 5.44. The van der Waals surface area contributed by atoms with E-state index >= 15 is 0 Å². The molecule has 2 aromatic carbocycles. The molecule has 0 saturated carbocycles. The van der Waals surface area contributed by atoms with Crippen LogP contribution in [0.4, 0.5) is 19.0 Å². The second-order valence-corrected chi connectivity index (χ2v) is 9.43. The van der Waals surface area contributed by atoms with Gasteiger partial charge in [0.2, 0.25) is 0 Å². The van der Waals surface area contributed by atoms with E-state index in [1.54, 1.807) is 29.2 Å². The third-order valence-electron chi connectivity index (χ3n) is 5.50. The van der Waals surface area contributed by atoms with Crippen molar-refractivity contribution >= 4 is 15.7 Å². The minimum atomic E-state index is -3.60. The first kappa shape index (κ1) is 21.3. The number of aromatic nitrogens is 2. The number of benzene rings is 2. The Balaban J connectivity index is 1.88. The van der Waals surface area contributed by atoms with Crippen molar-refractivity contribution in [2.75, 3.05) is 17.7 Å². The number of hydrogen-bond donors (Lipinski definition) is 1. The maximum atomic E-state index is 14.6. The Bertz CT molecular complexity index is 1220. The molecule has 162 valence electrons. The molecule has 2 N–H and O–H groups in total. The standard InChI is InChI=1S/C21H19F3N4O2S/c1-31(29,30)18-5-3-2-4-12(18)21-20(25)14(10-28(21)19-6-7-26-11-27-19)13-8-16(23)17(24)9-15(13)22/h2-9,11,14,20-21H,10,25H2,1H3. The maximum absolute atomic E-state index is 14.6. The van der Waals surface area contributed by atoms with E-state index in [0.29, 0.717) is 17.4 Å². The lowest BCUT2D eigenvalue weighted by Gasteiger charge is -2.29. The molecule has 2 heterocycles. The van der Waals surface area contributed by atoms with Crippen molar-refractivity contribution in [3.63, 3.8) is 0 Å². The number of nitrogens with two attached hydrogens (primary N) is 1. The number of rotatable bonds is 4. The molecule has 3 aromatic rings. The summed E-state index contributed by atoms with van der Waals surface area (Å²) in [6.45, 7) is 0.114. The SMILES string of the molecule is CS(=O)(=O)c1ccccc1C1C(N)C(c2cc(F)c(F)cc2F)CN1c1ccncn1. The molecule has 1 aliphatic heterocycles. The summed E-state index contributed by atoms with van der Waals surface area (Å²) in [6.07, 6.45) is 3.93. The fraction of sp³-hybridized carbons (Fsp3) is 0.238. The molecular formula is C21H19F3N4O2S. The van der Waals surface area contributed by atoms with Gasteiger partial charge in [0.05, 0.1) is 10.9 Å². The summed E-state index contributed by atoms with van der Waals surface area (Å²) in [7, 11) is -3.60. The molecule has 4 rings (SSSR count). The highest BCUT2D eigenvalue weighted by molar-refractivity contribution is 7.90. The van der Waals surface area contributed by atoms with Gasteiger partial charge in [-0.25, -0.2) is 31.6 Å². The summed E-state index contributed by atoms with van der Waals surface area (Å²) in [6, 6.07) is 7.76. The molecule has 3 atom stereocenters. The quantitative estimate of drug-likeness (QED) is 0.618. The van der Waals surface area contributed by atoms with Gasteiger partial charge in [-0.05, 0) is 29.3 Å². The molecule has 1 aromatic heterocycles. The maximum Gasteiger partial charge on any atom is 0.175 e. The van der Waals surface area contributed by atoms with E-state index in [-0.39, 0.29) is 17.0 Å². The van der Waals surface area contributed by atoms with Crippen molar-refractivity contribution in [3.05, 3.63) is 83.6 Å². The Labute approximate surface area is 177 Å². The van der Waals surface area contributed by atoms with Crippen LogP contribution in [0.2, 0.25) is 0 Å². The van der Waals surface area contributed by atoms with Crippen molar-refractivity contribution in [1.29, 1.82) is 0 Å². The summed E-state index contributed by atoms with van der Waals surface area (Å²) in [5.74, 6) is -3.69. The van der Waals surface area contributed by atoms with E-state index in [0.717, 1.165) is 12.3 Å². The van der Waals surface area contributed by atoms with Crippen molar-refractivity contribution in [1.82, 2.24) is 9.97 Å². The molecular weight excluding hydrogens is 429 g/mol. The molecule has 0 amide bonds. The van der Waals surface area contributed by atoms with Gasteiger partial charge in [-0.3, -0.25) is 0 Å². The summed E-state index contributed by atoms with van der Waals surface area (Å²) in [5, 5.41) is 0. The first-order valence-corrected chi connectivity index (χ1v) is 11.3. The molecule has 31 heavy (non-hydrogen) atoms. The third kappa shape index (κ3) is 3.88. The van der Waals surface area contributed by atoms with Crippen LogP contribution in [0.1, 0.15) is 23.1 Å². The van der Waals surface area contributed by atoms with Gasteiger partial charge < -0.3 is 10.6 Å². The summed E-state index contributed by atoms with van der Waals surface area (Å²) >= 11 is 0. The van der Waals surface area contributed by atoms with E-state index in [1.807, 2.05) is 0 Å². The van der Waals surface area contributed by atoms with Crippen LogP contribution in [-0.4, -0.2) is 37.2 Å². The zero-order chi connectivity index (χ0) is 22.3. The minimum absolute atomic E-state index is 0.0789. The van der Waals surface area contributed by atoms with Crippen LogP contribution < -0.4 is 10.6 Å². The van der Waals surface area contributed by atoms with Gasteiger partial charge in [0.25, 0.3) is 0 Å². The Morgan fingerprint density at radius 1 is 1.03 bits per heavy atom. The molecule has 0 spiro atoms. The van der Waals surface area contributed by atoms with E-state index in [2.05, 4.69) is 9.97 Å². The summed E-state index contributed by atoms with van der Waals surface area (Å²) in [4.78, 5) is 9.94. The molecule has 1 fully saturated rings. The van der Waals surface area contributed by atoms with Crippen LogP contribution in [-0.2, 0) is 9.84 Å². The molecule has 0 radical (unpaired) electrons. The van der Waals surface area contributed by atoms with Gasteiger partial charge in [-0.15, -0.1) is 0 Å². The lowest BCUT2D eigenvalue weighted by molar-refractivity contribution is 0.477. The van der Waals surface area contributed by atoms with Gasteiger partial charge in [0.15, 0.2) is 21.5 Å². The molecule has 10 heteroatoms. The monoisotopic (exact) mass is 448 g/mol. The van der Waals surface area contributed by atoms with Gasteiger partial charge >= 0.3 is 0 Å². The number of sulfone groups is 1. The van der Waals surface area contributed by atoms with E-state index in [1.165, 1.54) is 18.6 Å². The van der Waals surface area contributed by atoms with E-state index in [4.69, 9.17) is 5.73 Å². The predicted octanol–water partition coefficient (Wildman–Crippen LogP) is 2.97. The molecule has 1 saturated heterocycles.